The minimum Gasteiger partial charge on any atom is -0.481 e. The van der Waals surface area contributed by atoms with E-state index in [1.54, 1.807) is 6.26 Å². The van der Waals surface area contributed by atoms with Crippen LogP contribution in [0.5, 0.6) is 0 Å². The van der Waals surface area contributed by atoms with Gasteiger partial charge in [-0.25, -0.2) is 4.79 Å². The highest BCUT2D eigenvalue weighted by molar-refractivity contribution is 7.98. The molecule has 0 radical (unpaired) electrons. The van der Waals surface area contributed by atoms with Crippen LogP contribution in [0.15, 0.2) is 0 Å². The van der Waals surface area contributed by atoms with E-state index in [1.807, 2.05) is 0 Å². The highest BCUT2D eigenvalue weighted by Gasteiger charge is 2.31. The summed E-state index contributed by atoms with van der Waals surface area (Å²) >= 11 is 1.40. The number of amides is 3. The fourth-order valence-corrected chi connectivity index (χ4v) is 3.21. The van der Waals surface area contributed by atoms with Crippen molar-refractivity contribution in [2.24, 2.45) is 11.5 Å². The first-order valence-electron chi connectivity index (χ1n) is 10.4. The first-order valence-corrected chi connectivity index (χ1v) is 11.8. The number of nitrogens with two attached hydrogens (primary N) is 2. The van der Waals surface area contributed by atoms with Crippen molar-refractivity contribution in [3.05, 3.63) is 0 Å². The van der Waals surface area contributed by atoms with Crippen LogP contribution >= 0.6 is 11.8 Å². The van der Waals surface area contributed by atoms with Crippen molar-refractivity contribution in [3.63, 3.8) is 0 Å². The third kappa shape index (κ3) is 12.4. The maximum Gasteiger partial charge on any atom is 0.328 e. The molecule has 0 saturated carbocycles. The van der Waals surface area contributed by atoms with Gasteiger partial charge in [-0.2, -0.15) is 11.8 Å². The number of thioether (sulfide) groups is 1. The minimum atomic E-state index is -1.57. The first-order chi connectivity index (χ1) is 15.4. The number of rotatable bonds is 17. The van der Waals surface area contributed by atoms with Crippen LogP contribution in [0.25, 0.3) is 0 Å². The van der Waals surface area contributed by atoms with Crippen molar-refractivity contribution in [3.8, 4) is 0 Å². The molecule has 0 heterocycles. The molecule has 13 nitrogen and oxygen atoms in total. The number of carboxylic acid groups (broad SMARTS) is 2. The monoisotopic (exact) mass is 493 g/mol. The van der Waals surface area contributed by atoms with Gasteiger partial charge in [-0.15, -0.1) is 0 Å². The second-order valence-electron chi connectivity index (χ2n) is 7.46. The molecular weight excluding hydrogens is 458 g/mol. The molecule has 0 rings (SSSR count). The Labute approximate surface area is 196 Å². The van der Waals surface area contributed by atoms with Gasteiger partial charge in [0.25, 0.3) is 0 Å². The second kappa shape index (κ2) is 16.2. The van der Waals surface area contributed by atoms with Gasteiger partial charge in [0.1, 0.15) is 12.1 Å². The number of hydrogen-bond acceptors (Lipinski definition) is 9. The van der Waals surface area contributed by atoms with Crippen molar-refractivity contribution in [1.82, 2.24) is 16.0 Å². The molecule has 5 unspecified atom stereocenters. The van der Waals surface area contributed by atoms with Gasteiger partial charge >= 0.3 is 11.9 Å². The Morgan fingerprint density at radius 1 is 0.909 bits per heavy atom. The maximum absolute atomic E-state index is 12.9. The molecule has 0 aliphatic heterocycles. The summed E-state index contributed by atoms with van der Waals surface area (Å²) in [7, 11) is 0. The summed E-state index contributed by atoms with van der Waals surface area (Å²) in [6.45, 7) is 1.56. The van der Waals surface area contributed by atoms with E-state index >= 15 is 0 Å². The Hall–Kier alpha value is -2.42. The molecular formula is C19H35N5O8S. The Balaban J connectivity index is 5.46. The zero-order valence-electron chi connectivity index (χ0n) is 18.8. The van der Waals surface area contributed by atoms with Crippen LogP contribution in [0, 0.1) is 0 Å². The highest BCUT2D eigenvalue weighted by Crippen LogP contribution is 2.07. The number of carbonyl (C=O) groups is 5. The smallest absolute Gasteiger partial charge is 0.328 e. The van der Waals surface area contributed by atoms with Gasteiger partial charge in [-0.1, -0.05) is 0 Å². The van der Waals surface area contributed by atoms with Gasteiger partial charge in [-0.05, 0) is 51.2 Å². The van der Waals surface area contributed by atoms with Crippen LogP contribution in [0.2, 0.25) is 0 Å². The van der Waals surface area contributed by atoms with E-state index in [2.05, 4.69) is 16.0 Å². The summed E-state index contributed by atoms with van der Waals surface area (Å²) in [5, 5.41) is 34.7. The van der Waals surface area contributed by atoms with Crippen LogP contribution < -0.4 is 27.4 Å². The lowest BCUT2D eigenvalue weighted by Crippen LogP contribution is -2.58. The van der Waals surface area contributed by atoms with E-state index in [-0.39, 0.29) is 12.8 Å². The molecule has 0 aromatic rings. The zero-order chi connectivity index (χ0) is 25.6. The van der Waals surface area contributed by atoms with Gasteiger partial charge in [0.15, 0.2) is 6.04 Å². The fraction of sp³-hybridized carbons (Fsp3) is 0.737. The Bertz CT molecular complexity index is 679. The van der Waals surface area contributed by atoms with Gasteiger partial charge in [0.05, 0.1) is 18.6 Å². The van der Waals surface area contributed by atoms with E-state index in [9.17, 15) is 34.2 Å². The number of hydrogen-bond donors (Lipinski definition) is 8. The van der Waals surface area contributed by atoms with Crippen molar-refractivity contribution >= 4 is 41.4 Å². The normalized spacial score (nSPS) is 15.4. The maximum atomic E-state index is 12.9. The second-order valence-corrected chi connectivity index (χ2v) is 8.44. The fourth-order valence-electron chi connectivity index (χ4n) is 2.74. The Morgan fingerprint density at radius 3 is 1.94 bits per heavy atom. The number of aliphatic hydroxyl groups is 1. The standard InChI is InChI=1S/C19H35N5O8S/c1-10(25)15(19(31)32)24-18(30)13(6-8-33-2)23-17(29)12(5-3-4-7-20)22-16(28)11(21)9-14(26)27/h10-13,15,25H,3-9,20-21H2,1-2H3,(H,22,28)(H,23,29)(H,24,30)(H,26,27)(H,31,32). The molecule has 10 N–H and O–H groups in total. The summed E-state index contributed by atoms with van der Waals surface area (Å²) in [6.07, 6.45) is 1.13. The van der Waals surface area contributed by atoms with Crippen LogP contribution in [0.4, 0.5) is 0 Å². The minimum absolute atomic E-state index is 0.160. The quantitative estimate of drug-likeness (QED) is 0.0993. The molecule has 14 heteroatoms. The lowest BCUT2D eigenvalue weighted by molar-refractivity contribution is -0.145. The molecule has 3 amide bonds. The molecule has 33 heavy (non-hydrogen) atoms. The molecule has 5 atom stereocenters. The molecule has 0 bridgehead atoms. The average molecular weight is 494 g/mol. The number of unbranched alkanes of at least 4 members (excludes halogenated alkanes) is 1. The summed E-state index contributed by atoms with van der Waals surface area (Å²) < 4.78 is 0. The van der Waals surface area contributed by atoms with Crippen molar-refractivity contribution in [2.45, 2.75) is 69.3 Å². The molecule has 0 spiro atoms. The van der Waals surface area contributed by atoms with E-state index in [0.717, 1.165) is 0 Å². The molecule has 0 aromatic heterocycles. The Kier molecular flexibility index (Phi) is 15.0. The number of nitrogens with one attached hydrogen (secondary N) is 3. The van der Waals surface area contributed by atoms with Gasteiger partial charge in [0.2, 0.25) is 17.7 Å². The van der Waals surface area contributed by atoms with E-state index in [1.165, 1.54) is 18.7 Å². The SMILES string of the molecule is CSCCC(NC(=O)C(CCCCN)NC(=O)C(N)CC(=O)O)C(=O)NC(C(=O)O)C(C)O. The summed E-state index contributed by atoms with van der Waals surface area (Å²) in [6, 6.07) is -5.18. The van der Waals surface area contributed by atoms with Crippen LogP contribution in [0.3, 0.4) is 0 Å². The molecule has 0 aromatic carbocycles. The molecule has 0 aliphatic carbocycles. The third-order valence-corrected chi connectivity index (χ3v) is 5.25. The summed E-state index contributed by atoms with van der Waals surface area (Å²) in [5.74, 6) is -4.61. The number of aliphatic hydroxyl groups excluding tert-OH is 1. The lowest BCUT2D eigenvalue weighted by atomic mass is 10.1. The predicted octanol–water partition coefficient (Wildman–Crippen LogP) is -2.41. The first kappa shape index (κ1) is 30.6. The third-order valence-electron chi connectivity index (χ3n) is 4.60. The van der Waals surface area contributed by atoms with Crippen molar-refractivity contribution in [1.29, 1.82) is 0 Å². The molecule has 0 aliphatic rings. The van der Waals surface area contributed by atoms with Crippen LogP contribution in [-0.2, 0) is 24.0 Å². The summed E-state index contributed by atoms with van der Waals surface area (Å²) in [4.78, 5) is 59.8. The molecule has 0 saturated heterocycles. The van der Waals surface area contributed by atoms with E-state index in [4.69, 9.17) is 16.6 Å². The number of aliphatic carboxylic acids is 2. The number of carbonyl (C=O) groups excluding carboxylic acids is 3. The van der Waals surface area contributed by atoms with Crippen LogP contribution in [-0.4, -0.2) is 93.8 Å². The van der Waals surface area contributed by atoms with E-state index < -0.39 is 66.4 Å². The van der Waals surface area contributed by atoms with Gasteiger partial charge < -0.3 is 42.7 Å². The topological polar surface area (TPSA) is 234 Å². The van der Waals surface area contributed by atoms with Gasteiger partial charge in [0, 0.05) is 0 Å². The molecule has 0 fully saturated rings. The van der Waals surface area contributed by atoms with Crippen molar-refractivity contribution in [2.75, 3.05) is 18.6 Å². The average Bonchev–Trinajstić information content (AvgIpc) is 2.72. The van der Waals surface area contributed by atoms with Crippen LogP contribution in [0.1, 0.15) is 39.0 Å². The van der Waals surface area contributed by atoms with Gasteiger partial charge in [-0.3, -0.25) is 19.2 Å². The van der Waals surface area contributed by atoms with E-state index in [0.29, 0.717) is 25.1 Å². The largest absolute Gasteiger partial charge is 0.481 e. The molecule has 190 valence electrons. The summed E-state index contributed by atoms with van der Waals surface area (Å²) in [5.41, 5.74) is 11.0. The zero-order valence-corrected chi connectivity index (χ0v) is 19.6. The highest BCUT2D eigenvalue weighted by atomic mass is 32.2. The lowest BCUT2D eigenvalue weighted by Gasteiger charge is -2.25. The predicted molar refractivity (Wildman–Crippen MR) is 121 cm³/mol. The Morgan fingerprint density at radius 2 is 1.45 bits per heavy atom. The number of carboxylic acids is 2. The van der Waals surface area contributed by atoms with Crippen molar-refractivity contribution < 1.29 is 39.3 Å².